The van der Waals surface area contributed by atoms with Crippen LogP contribution in [0.15, 0.2) is 36.4 Å². The lowest BCUT2D eigenvalue weighted by Crippen LogP contribution is -2.13. The van der Waals surface area contributed by atoms with Gasteiger partial charge in [-0.3, -0.25) is 4.79 Å². The second-order valence-electron chi connectivity index (χ2n) is 4.90. The second kappa shape index (κ2) is 5.91. The van der Waals surface area contributed by atoms with Crippen molar-refractivity contribution in [2.75, 3.05) is 5.32 Å². The minimum absolute atomic E-state index is 0.0177. The number of anilines is 1. The fourth-order valence-electron chi connectivity index (χ4n) is 2.21. The quantitative estimate of drug-likeness (QED) is 0.904. The van der Waals surface area contributed by atoms with E-state index < -0.39 is 23.6 Å². The van der Waals surface area contributed by atoms with Crippen LogP contribution in [0.25, 0.3) is 0 Å². The average Bonchev–Trinajstić information content (AvgIpc) is 2.40. The minimum atomic E-state index is -0.596. The molecule has 0 fully saturated rings. The van der Waals surface area contributed by atoms with Crippen LogP contribution in [-0.4, -0.2) is 5.91 Å². The summed E-state index contributed by atoms with van der Waals surface area (Å²) in [5.41, 5.74) is 7.04. The molecular weight excluding hydrogens is 274 g/mol. The van der Waals surface area contributed by atoms with Crippen LogP contribution in [0.1, 0.15) is 34.5 Å². The van der Waals surface area contributed by atoms with Gasteiger partial charge in [0, 0.05) is 16.8 Å². The smallest absolute Gasteiger partial charge is 0.248 e. The number of rotatable bonds is 4. The van der Waals surface area contributed by atoms with E-state index in [-0.39, 0.29) is 5.56 Å². The molecule has 21 heavy (non-hydrogen) atoms. The van der Waals surface area contributed by atoms with Crippen LogP contribution in [0, 0.1) is 18.6 Å². The molecule has 2 aromatic rings. The Labute approximate surface area is 121 Å². The summed E-state index contributed by atoms with van der Waals surface area (Å²) in [5.74, 6) is -1.71. The molecule has 0 bridgehead atoms. The molecule has 0 heterocycles. The predicted octanol–water partition coefficient (Wildman–Crippen LogP) is 3.55. The van der Waals surface area contributed by atoms with Crippen molar-refractivity contribution in [3.8, 4) is 0 Å². The highest BCUT2D eigenvalue weighted by Gasteiger charge is 2.16. The van der Waals surface area contributed by atoms with Gasteiger partial charge in [-0.2, -0.15) is 0 Å². The molecule has 2 aromatic carbocycles. The highest BCUT2D eigenvalue weighted by Crippen LogP contribution is 2.26. The van der Waals surface area contributed by atoms with Crippen molar-refractivity contribution in [1.82, 2.24) is 0 Å². The molecule has 3 N–H and O–H groups in total. The third-order valence-corrected chi connectivity index (χ3v) is 3.32. The van der Waals surface area contributed by atoms with Gasteiger partial charge in [-0.25, -0.2) is 8.78 Å². The van der Waals surface area contributed by atoms with E-state index >= 15 is 0 Å². The molecule has 5 heteroatoms. The predicted molar refractivity (Wildman–Crippen MR) is 78.1 cm³/mol. The third-order valence-electron chi connectivity index (χ3n) is 3.32. The standard InChI is InChI=1S/C16H16F2N2O/c1-9-8-11(16(19)21)6-7-14(9)20-10(2)15-12(17)4-3-5-13(15)18/h3-8,10,20H,1-2H3,(H2,19,21). The molecule has 2 rings (SSSR count). The summed E-state index contributed by atoms with van der Waals surface area (Å²) in [4.78, 5) is 11.1. The Hall–Kier alpha value is -2.43. The van der Waals surface area contributed by atoms with E-state index in [1.54, 1.807) is 32.0 Å². The summed E-state index contributed by atoms with van der Waals surface area (Å²) in [6.45, 7) is 3.46. The summed E-state index contributed by atoms with van der Waals surface area (Å²) in [5, 5.41) is 3.04. The number of nitrogens with one attached hydrogen (secondary N) is 1. The first kappa shape index (κ1) is 15.0. The van der Waals surface area contributed by atoms with Crippen molar-refractivity contribution in [3.63, 3.8) is 0 Å². The lowest BCUT2D eigenvalue weighted by molar-refractivity contribution is 0.1000. The molecule has 3 nitrogen and oxygen atoms in total. The van der Waals surface area contributed by atoms with E-state index in [1.807, 2.05) is 0 Å². The number of carbonyl (C=O) groups excluding carboxylic acids is 1. The lowest BCUT2D eigenvalue weighted by Gasteiger charge is -2.19. The Bertz CT molecular complexity index is 666. The van der Waals surface area contributed by atoms with E-state index in [4.69, 9.17) is 5.73 Å². The van der Waals surface area contributed by atoms with Gasteiger partial charge in [0.05, 0.1) is 6.04 Å². The van der Waals surface area contributed by atoms with Gasteiger partial charge in [-0.15, -0.1) is 0 Å². The monoisotopic (exact) mass is 290 g/mol. The Morgan fingerprint density at radius 1 is 1.19 bits per heavy atom. The molecule has 0 saturated carbocycles. The van der Waals surface area contributed by atoms with Gasteiger partial charge < -0.3 is 11.1 Å². The summed E-state index contributed by atoms with van der Waals surface area (Å²) < 4.78 is 27.5. The molecule has 0 spiro atoms. The summed E-state index contributed by atoms with van der Waals surface area (Å²) >= 11 is 0. The van der Waals surface area contributed by atoms with E-state index in [0.29, 0.717) is 11.3 Å². The molecule has 0 aliphatic carbocycles. The summed E-state index contributed by atoms with van der Waals surface area (Å²) in [6.07, 6.45) is 0. The van der Waals surface area contributed by atoms with Crippen molar-refractivity contribution < 1.29 is 13.6 Å². The van der Waals surface area contributed by atoms with Gasteiger partial charge in [0.2, 0.25) is 5.91 Å². The van der Waals surface area contributed by atoms with Gasteiger partial charge in [-0.05, 0) is 49.7 Å². The van der Waals surface area contributed by atoms with Crippen LogP contribution in [0.4, 0.5) is 14.5 Å². The van der Waals surface area contributed by atoms with Crippen molar-refractivity contribution in [3.05, 3.63) is 64.7 Å². The van der Waals surface area contributed by atoms with Crippen LogP contribution in [-0.2, 0) is 0 Å². The lowest BCUT2D eigenvalue weighted by atomic mass is 10.0. The zero-order valence-electron chi connectivity index (χ0n) is 11.8. The van der Waals surface area contributed by atoms with Crippen LogP contribution in [0.3, 0.4) is 0 Å². The van der Waals surface area contributed by atoms with Crippen LogP contribution in [0.2, 0.25) is 0 Å². The third kappa shape index (κ3) is 3.18. The molecule has 1 atom stereocenters. The number of benzene rings is 2. The molecule has 110 valence electrons. The first-order valence-electron chi connectivity index (χ1n) is 6.51. The first-order chi connectivity index (χ1) is 9.90. The molecule has 1 amide bonds. The number of primary amides is 1. The first-order valence-corrected chi connectivity index (χ1v) is 6.51. The molecule has 1 unspecified atom stereocenters. The van der Waals surface area contributed by atoms with Crippen LogP contribution >= 0.6 is 0 Å². The van der Waals surface area contributed by atoms with Gasteiger partial charge in [0.1, 0.15) is 11.6 Å². The molecular formula is C16H16F2N2O. The van der Waals surface area contributed by atoms with Crippen molar-refractivity contribution in [2.24, 2.45) is 5.73 Å². The second-order valence-corrected chi connectivity index (χ2v) is 4.90. The topological polar surface area (TPSA) is 55.1 Å². The molecule has 0 radical (unpaired) electrons. The van der Waals surface area contributed by atoms with Gasteiger partial charge >= 0.3 is 0 Å². The number of amides is 1. The number of carbonyl (C=O) groups is 1. The zero-order valence-corrected chi connectivity index (χ0v) is 11.8. The van der Waals surface area contributed by atoms with Crippen molar-refractivity contribution in [1.29, 1.82) is 0 Å². The number of hydrogen-bond acceptors (Lipinski definition) is 2. The van der Waals surface area contributed by atoms with Crippen molar-refractivity contribution >= 4 is 11.6 Å². The number of halogens is 2. The Morgan fingerprint density at radius 2 is 1.81 bits per heavy atom. The normalized spacial score (nSPS) is 12.0. The van der Waals surface area contributed by atoms with E-state index in [2.05, 4.69) is 5.32 Å². The van der Waals surface area contributed by atoms with E-state index in [1.165, 1.54) is 18.2 Å². The highest BCUT2D eigenvalue weighted by molar-refractivity contribution is 5.93. The number of nitrogens with two attached hydrogens (primary N) is 1. The van der Waals surface area contributed by atoms with Gasteiger partial charge in [0.15, 0.2) is 0 Å². The van der Waals surface area contributed by atoms with Gasteiger partial charge in [0.25, 0.3) is 0 Å². The maximum absolute atomic E-state index is 13.7. The SMILES string of the molecule is Cc1cc(C(N)=O)ccc1NC(C)c1c(F)cccc1F. The summed E-state index contributed by atoms with van der Waals surface area (Å²) in [7, 11) is 0. The Kier molecular flexibility index (Phi) is 4.21. The van der Waals surface area contributed by atoms with Crippen LogP contribution < -0.4 is 11.1 Å². The average molecular weight is 290 g/mol. The molecule has 0 aliphatic rings. The molecule has 0 aliphatic heterocycles. The van der Waals surface area contributed by atoms with Gasteiger partial charge in [-0.1, -0.05) is 6.07 Å². The molecule has 0 aromatic heterocycles. The zero-order chi connectivity index (χ0) is 15.6. The fraction of sp³-hybridized carbons (Fsp3) is 0.188. The van der Waals surface area contributed by atoms with Crippen molar-refractivity contribution in [2.45, 2.75) is 19.9 Å². The highest BCUT2D eigenvalue weighted by atomic mass is 19.1. The largest absolute Gasteiger partial charge is 0.378 e. The fourth-order valence-corrected chi connectivity index (χ4v) is 2.21. The minimum Gasteiger partial charge on any atom is -0.378 e. The van der Waals surface area contributed by atoms with E-state index in [0.717, 1.165) is 5.56 Å². The summed E-state index contributed by atoms with van der Waals surface area (Å²) in [6, 6.07) is 8.10. The van der Waals surface area contributed by atoms with Crippen LogP contribution in [0.5, 0.6) is 0 Å². The Morgan fingerprint density at radius 3 is 2.33 bits per heavy atom. The maximum atomic E-state index is 13.7. The molecule has 0 saturated heterocycles. The number of hydrogen-bond donors (Lipinski definition) is 2. The maximum Gasteiger partial charge on any atom is 0.248 e. The van der Waals surface area contributed by atoms with E-state index in [9.17, 15) is 13.6 Å². The number of aryl methyl sites for hydroxylation is 1. The Balaban J connectivity index is 2.28.